The SMILES string of the molecule is CSc1nn(-c2ccccc2)c2cc(N3CCN(c4cc(C=O)ccn4)CC3)ccc12. The summed E-state index contributed by atoms with van der Waals surface area (Å²) >= 11 is 1.67. The van der Waals surface area contributed by atoms with Crippen molar-refractivity contribution in [2.45, 2.75) is 5.03 Å². The quantitative estimate of drug-likeness (QED) is 0.349. The Balaban J connectivity index is 1.41. The molecule has 1 aliphatic heterocycles. The van der Waals surface area contributed by atoms with Gasteiger partial charge in [0, 0.05) is 49.0 Å². The summed E-state index contributed by atoms with van der Waals surface area (Å²) in [6.07, 6.45) is 4.64. The number of piperazine rings is 1. The summed E-state index contributed by atoms with van der Waals surface area (Å²) in [6.45, 7) is 3.52. The van der Waals surface area contributed by atoms with Gasteiger partial charge in [0.2, 0.25) is 0 Å². The van der Waals surface area contributed by atoms with Crippen molar-refractivity contribution < 1.29 is 4.79 Å². The standard InChI is InChI=1S/C24H23N5OS/c1-31-24-21-8-7-20(16-22(21)29(26-24)19-5-3-2-4-6-19)27-11-13-28(14-12-27)23-15-18(17-30)9-10-25-23/h2-10,15-17H,11-14H2,1H3. The van der Waals surface area contributed by atoms with E-state index in [0.29, 0.717) is 5.56 Å². The molecule has 0 N–H and O–H groups in total. The maximum Gasteiger partial charge on any atom is 0.150 e. The van der Waals surface area contributed by atoms with Gasteiger partial charge in [-0.25, -0.2) is 9.67 Å². The van der Waals surface area contributed by atoms with Crippen molar-refractivity contribution in [3.8, 4) is 5.69 Å². The molecular weight excluding hydrogens is 406 g/mol. The fourth-order valence-corrected chi connectivity index (χ4v) is 4.62. The third-order valence-electron chi connectivity index (χ3n) is 5.70. The summed E-state index contributed by atoms with van der Waals surface area (Å²) in [6, 6.07) is 20.5. The number of aldehydes is 1. The minimum absolute atomic E-state index is 0.664. The normalized spacial score (nSPS) is 14.2. The minimum atomic E-state index is 0.664. The highest BCUT2D eigenvalue weighted by molar-refractivity contribution is 7.98. The first-order valence-electron chi connectivity index (χ1n) is 10.3. The molecule has 0 atom stereocenters. The number of rotatable bonds is 5. The predicted molar refractivity (Wildman–Crippen MR) is 127 cm³/mol. The van der Waals surface area contributed by atoms with Crippen LogP contribution in [0.1, 0.15) is 10.4 Å². The highest BCUT2D eigenvalue weighted by atomic mass is 32.2. The van der Waals surface area contributed by atoms with E-state index in [1.54, 1.807) is 24.0 Å². The van der Waals surface area contributed by atoms with E-state index in [1.165, 1.54) is 11.1 Å². The number of carbonyl (C=O) groups excluding carboxylic acids is 1. The average molecular weight is 430 g/mol. The van der Waals surface area contributed by atoms with Crippen LogP contribution in [0.2, 0.25) is 0 Å². The Morgan fingerprint density at radius 1 is 0.903 bits per heavy atom. The molecule has 0 saturated carbocycles. The van der Waals surface area contributed by atoms with Crippen LogP contribution in [0.15, 0.2) is 71.9 Å². The Labute approximate surface area is 185 Å². The molecule has 0 radical (unpaired) electrons. The zero-order valence-electron chi connectivity index (χ0n) is 17.3. The number of aromatic nitrogens is 3. The molecule has 1 saturated heterocycles. The van der Waals surface area contributed by atoms with E-state index < -0.39 is 0 Å². The van der Waals surface area contributed by atoms with Gasteiger partial charge in [-0.1, -0.05) is 18.2 Å². The number of hydrogen-bond donors (Lipinski definition) is 0. The van der Waals surface area contributed by atoms with E-state index in [2.05, 4.69) is 51.4 Å². The second kappa shape index (κ2) is 8.43. The molecule has 1 fully saturated rings. The van der Waals surface area contributed by atoms with Gasteiger partial charge in [0.25, 0.3) is 0 Å². The highest BCUT2D eigenvalue weighted by Gasteiger charge is 2.20. The Morgan fingerprint density at radius 2 is 1.68 bits per heavy atom. The van der Waals surface area contributed by atoms with Crippen LogP contribution in [-0.2, 0) is 0 Å². The Morgan fingerprint density at radius 3 is 2.42 bits per heavy atom. The van der Waals surface area contributed by atoms with Gasteiger partial charge in [-0.2, -0.15) is 5.10 Å². The van der Waals surface area contributed by atoms with Crippen LogP contribution < -0.4 is 9.80 Å². The van der Waals surface area contributed by atoms with Gasteiger partial charge in [0.15, 0.2) is 0 Å². The molecule has 2 aromatic heterocycles. The first-order chi connectivity index (χ1) is 15.3. The van der Waals surface area contributed by atoms with Gasteiger partial charge in [-0.3, -0.25) is 4.79 Å². The van der Waals surface area contributed by atoms with Crippen molar-refractivity contribution >= 4 is 40.5 Å². The zero-order chi connectivity index (χ0) is 21.2. The van der Waals surface area contributed by atoms with Crippen molar-refractivity contribution in [3.63, 3.8) is 0 Å². The molecule has 6 nitrogen and oxygen atoms in total. The Kier molecular flexibility index (Phi) is 5.34. The lowest BCUT2D eigenvalue weighted by molar-refractivity contribution is 0.112. The Bertz CT molecular complexity index is 1220. The summed E-state index contributed by atoms with van der Waals surface area (Å²) in [5, 5.41) is 7.06. The van der Waals surface area contributed by atoms with E-state index >= 15 is 0 Å². The number of fused-ring (bicyclic) bond motifs is 1. The zero-order valence-corrected chi connectivity index (χ0v) is 18.1. The molecule has 1 aliphatic rings. The number of pyridine rings is 1. The second-order valence-electron chi connectivity index (χ2n) is 7.50. The molecule has 0 bridgehead atoms. The molecule has 0 amide bonds. The number of thioether (sulfide) groups is 1. The number of benzene rings is 2. The van der Waals surface area contributed by atoms with E-state index in [0.717, 1.165) is 54.5 Å². The van der Waals surface area contributed by atoms with Crippen LogP contribution in [0.5, 0.6) is 0 Å². The predicted octanol–water partition coefficient (Wildman–Crippen LogP) is 4.28. The topological polar surface area (TPSA) is 54.3 Å². The van der Waals surface area contributed by atoms with Gasteiger partial charge < -0.3 is 9.80 Å². The third-order valence-corrected chi connectivity index (χ3v) is 6.39. The van der Waals surface area contributed by atoms with E-state index in [4.69, 9.17) is 5.10 Å². The van der Waals surface area contributed by atoms with Crippen molar-refractivity contribution in [1.82, 2.24) is 14.8 Å². The van der Waals surface area contributed by atoms with Gasteiger partial charge >= 0.3 is 0 Å². The summed E-state index contributed by atoms with van der Waals surface area (Å²) in [5.41, 5.74) is 4.05. The molecular formula is C24H23N5OS. The molecule has 4 aromatic rings. The van der Waals surface area contributed by atoms with E-state index in [9.17, 15) is 4.79 Å². The van der Waals surface area contributed by atoms with Crippen LogP contribution in [0.25, 0.3) is 16.6 Å². The van der Waals surface area contributed by atoms with Crippen LogP contribution in [0, 0.1) is 0 Å². The Hall–Kier alpha value is -3.32. The monoisotopic (exact) mass is 429 g/mol. The van der Waals surface area contributed by atoms with Crippen molar-refractivity contribution in [2.75, 3.05) is 42.2 Å². The summed E-state index contributed by atoms with van der Waals surface area (Å²) in [4.78, 5) is 20.2. The lowest BCUT2D eigenvalue weighted by Crippen LogP contribution is -2.46. The van der Waals surface area contributed by atoms with Crippen LogP contribution in [0.3, 0.4) is 0 Å². The maximum atomic E-state index is 11.1. The lowest BCUT2D eigenvalue weighted by Gasteiger charge is -2.36. The van der Waals surface area contributed by atoms with Crippen LogP contribution in [0.4, 0.5) is 11.5 Å². The molecule has 2 aromatic carbocycles. The molecule has 0 spiro atoms. The molecule has 0 unspecified atom stereocenters. The number of para-hydroxylation sites is 1. The average Bonchev–Trinajstić information content (AvgIpc) is 3.23. The van der Waals surface area contributed by atoms with Crippen molar-refractivity contribution in [1.29, 1.82) is 0 Å². The number of nitrogens with zero attached hydrogens (tertiary/aromatic N) is 5. The largest absolute Gasteiger partial charge is 0.368 e. The van der Waals surface area contributed by atoms with Gasteiger partial charge in [0.05, 0.1) is 11.2 Å². The summed E-state index contributed by atoms with van der Waals surface area (Å²) in [7, 11) is 0. The fraction of sp³-hybridized carbons (Fsp3) is 0.208. The smallest absolute Gasteiger partial charge is 0.150 e. The van der Waals surface area contributed by atoms with Crippen molar-refractivity contribution in [3.05, 3.63) is 72.4 Å². The molecule has 156 valence electrons. The molecule has 5 rings (SSSR count). The number of carbonyl (C=O) groups is 1. The highest BCUT2D eigenvalue weighted by Crippen LogP contribution is 2.31. The molecule has 3 heterocycles. The second-order valence-corrected chi connectivity index (χ2v) is 8.29. The number of anilines is 2. The maximum absolute atomic E-state index is 11.1. The summed E-state index contributed by atoms with van der Waals surface area (Å²) < 4.78 is 2.04. The van der Waals surface area contributed by atoms with Gasteiger partial charge in [-0.05, 0) is 48.7 Å². The molecule has 0 aliphatic carbocycles. The first-order valence-corrected chi connectivity index (χ1v) is 11.5. The van der Waals surface area contributed by atoms with Crippen LogP contribution in [-0.4, -0.2) is 53.5 Å². The third kappa shape index (κ3) is 3.77. The van der Waals surface area contributed by atoms with Gasteiger partial charge in [-0.15, -0.1) is 11.8 Å². The minimum Gasteiger partial charge on any atom is -0.368 e. The van der Waals surface area contributed by atoms with Gasteiger partial charge in [0.1, 0.15) is 17.1 Å². The molecule has 7 heteroatoms. The number of hydrogen-bond acceptors (Lipinski definition) is 6. The van der Waals surface area contributed by atoms with Crippen LogP contribution >= 0.6 is 11.8 Å². The molecule has 31 heavy (non-hydrogen) atoms. The fourth-order valence-electron chi connectivity index (χ4n) is 4.06. The summed E-state index contributed by atoms with van der Waals surface area (Å²) in [5.74, 6) is 0.867. The van der Waals surface area contributed by atoms with Crippen molar-refractivity contribution in [2.24, 2.45) is 0 Å². The lowest BCUT2D eigenvalue weighted by atomic mass is 10.2. The van der Waals surface area contributed by atoms with E-state index in [-0.39, 0.29) is 0 Å². The first kappa shape index (κ1) is 19.6. The van der Waals surface area contributed by atoms with E-state index in [1.807, 2.05) is 28.9 Å².